The van der Waals surface area contributed by atoms with Crippen molar-refractivity contribution in [3.63, 3.8) is 0 Å². The number of benzene rings is 1. The molecule has 2 aromatic rings. The molecule has 0 saturated heterocycles. The lowest BCUT2D eigenvalue weighted by Crippen LogP contribution is -2.21. The van der Waals surface area contributed by atoms with Gasteiger partial charge in [0, 0.05) is 17.8 Å². The Morgan fingerprint density at radius 1 is 1.47 bits per heavy atom. The number of rotatable bonds is 2. The molecule has 1 unspecified atom stereocenters. The van der Waals surface area contributed by atoms with Crippen molar-refractivity contribution < 1.29 is 0 Å². The highest BCUT2D eigenvalue weighted by atomic mass is 127. The third kappa shape index (κ3) is 1.88. The fraction of sp³-hybridized carbons (Fsp3) is 0.111. The zero-order valence-electron chi connectivity index (χ0n) is 8.76. The number of aromatic nitrogens is 3. The largest absolute Gasteiger partial charge is 0.398 e. The Morgan fingerprint density at radius 2 is 2.35 bits per heavy atom. The van der Waals surface area contributed by atoms with Crippen LogP contribution in [0.2, 0.25) is 0 Å². The van der Waals surface area contributed by atoms with Crippen molar-refractivity contribution in [2.75, 3.05) is 10.5 Å². The van der Waals surface area contributed by atoms with Gasteiger partial charge in [0.05, 0.1) is 17.7 Å². The van der Waals surface area contributed by atoms with Crippen molar-refractivity contribution in [3.05, 3.63) is 30.4 Å². The van der Waals surface area contributed by atoms with E-state index in [0.29, 0.717) is 6.37 Å². The van der Waals surface area contributed by atoms with E-state index < -0.39 is 0 Å². The number of nitrogens with one attached hydrogen (secondary N) is 1. The van der Waals surface area contributed by atoms with Crippen LogP contribution in [-0.4, -0.2) is 14.8 Å². The second-order valence-corrected chi connectivity index (χ2v) is 5.69. The van der Waals surface area contributed by atoms with E-state index in [1.165, 1.54) is 6.33 Å². The molecule has 1 atom stereocenters. The molecule has 1 aromatic heterocycles. The van der Waals surface area contributed by atoms with Gasteiger partial charge in [-0.1, -0.05) is 0 Å². The van der Waals surface area contributed by atoms with E-state index >= 15 is 0 Å². The lowest BCUT2D eigenvalue weighted by molar-refractivity contribution is 0.808. The molecule has 2 heterocycles. The Hall–Kier alpha value is -0.920. The van der Waals surface area contributed by atoms with E-state index in [0.717, 1.165) is 29.2 Å². The Labute approximate surface area is 113 Å². The van der Waals surface area contributed by atoms with Crippen LogP contribution in [0, 0.1) is 0 Å². The number of halogens is 1. The minimum absolute atomic E-state index is 0.628. The molecule has 0 aliphatic carbocycles. The molecular weight excluding hydrogens is 350 g/mol. The third-order valence-electron chi connectivity index (χ3n) is 2.67. The molecule has 1 aliphatic heterocycles. The lowest BCUT2D eigenvalue weighted by Gasteiger charge is -2.16. The van der Waals surface area contributed by atoms with E-state index in [9.17, 15) is 0 Å². The van der Waals surface area contributed by atoms with Crippen LogP contribution < -0.4 is 15.9 Å². The summed E-state index contributed by atoms with van der Waals surface area (Å²) in [6, 6.07) is 4.00. The van der Waals surface area contributed by atoms with E-state index in [-0.39, 0.29) is 0 Å². The summed E-state index contributed by atoms with van der Waals surface area (Å²) in [6.45, 7) is 0.787. The minimum Gasteiger partial charge on any atom is -0.398 e. The first-order valence-corrected chi connectivity index (χ1v) is 9.03. The number of nitrogens with zero attached hydrogens (tertiary/aromatic N) is 4. The SMILES string of the molecule is Nc1cc(-n2cncn2)cc2c1CNN2PI. The predicted molar refractivity (Wildman–Crippen MR) is 77.4 cm³/mol. The van der Waals surface area contributed by atoms with Crippen molar-refractivity contribution in [2.24, 2.45) is 0 Å². The highest BCUT2D eigenvalue weighted by Gasteiger charge is 2.21. The Balaban J connectivity index is 2.12. The average Bonchev–Trinajstić information content (AvgIpc) is 2.97. The summed E-state index contributed by atoms with van der Waals surface area (Å²) in [7, 11) is 0. The molecule has 0 fully saturated rings. The van der Waals surface area contributed by atoms with E-state index in [1.807, 2.05) is 6.07 Å². The van der Waals surface area contributed by atoms with Gasteiger partial charge in [0.15, 0.2) is 0 Å². The van der Waals surface area contributed by atoms with Crippen molar-refractivity contribution in [1.82, 2.24) is 20.2 Å². The van der Waals surface area contributed by atoms with Gasteiger partial charge in [0.25, 0.3) is 0 Å². The number of nitrogens with two attached hydrogens (primary N) is 1. The summed E-state index contributed by atoms with van der Waals surface area (Å²) in [5.74, 6) is 0. The first kappa shape index (κ1) is 11.2. The Kier molecular flexibility index (Phi) is 2.89. The summed E-state index contributed by atoms with van der Waals surface area (Å²) in [4.78, 5) is 3.94. The van der Waals surface area contributed by atoms with Crippen LogP contribution in [0.5, 0.6) is 0 Å². The van der Waals surface area contributed by atoms with Crippen LogP contribution in [0.25, 0.3) is 5.69 Å². The standard InChI is InChI=1S/C9H10IN6P/c10-17-16-9-2-6(15-5-12-4-14-15)1-8(11)7(9)3-13-16/h1-2,4-5,13,17H,3,11H2. The van der Waals surface area contributed by atoms with Gasteiger partial charge in [-0.05, 0) is 34.2 Å². The van der Waals surface area contributed by atoms with Crippen LogP contribution in [0.1, 0.15) is 5.56 Å². The first-order valence-electron chi connectivity index (χ1n) is 4.97. The van der Waals surface area contributed by atoms with Crippen LogP contribution in [0.15, 0.2) is 24.8 Å². The molecule has 6 nitrogen and oxygen atoms in total. The number of hydrogen-bond acceptors (Lipinski definition) is 5. The number of nitrogen functional groups attached to an aromatic ring is 1. The maximum absolute atomic E-state index is 6.07. The Bertz CT molecular complexity index is 543. The van der Waals surface area contributed by atoms with Gasteiger partial charge in [-0.2, -0.15) is 5.10 Å². The Morgan fingerprint density at radius 3 is 3.06 bits per heavy atom. The molecule has 17 heavy (non-hydrogen) atoms. The monoisotopic (exact) mass is 360 g/mol. The van der Waals surface area contributed by atoms with Gasteiger partial charge >= 0.3 is 0 Å². The van der Waals surface area contributed by atoms with E-state index in [1.54, 1.807) is 11.0 Å². The summed E-state index contributed by atoms with van der Waals surface area (Å²) in [6.07, 6.45) is 3.81. The summed E-state index contributed by atoms with van der Waals surface area (Å²) >= 11 is 2.34. The minimum atomic E-state index is 0.628. The molecule has 0 bridgehead atoms. The highest BCUT2D eigenvalue weighted by Crippen LogP contribution is 2.40. The van der Waals surface area contributed by atoms with Gasteiger partial charge in [-0.15, -0.1) is 0 Å². The number of anilines is 2. The molecule has 0 radical (unpaired) electrons. The van der Waals surface area contributed by atoms with Crippen LogP contribution in [-0.2, 0) is 6.54 Å². The summed E-state index contributed by atoms with van der Waals surface area (Å²) in [5.41, 5.74) is 13.4. The lowest BCUT2D eigenvalue weighted by atomic mass is 10.1. The van der Waals surface area contributed by atoms with Gasteiger partial charge < -0.3 is 5.73 Å². The normalized spacial score (nSPS) is 14.8. The molecule has 8 heteroatoms. The smallest absolute Gasteiger partial charge is 0.138 e. The van der Waals surface area contributed by atoms with E-state index in [4.69, 9.17) is 5.73 Å². The van der Waals surface area contributed by atoms with Crippen molar-refractivity contribution >= 4 is 39.8 Å². The predicted octanol–water partition coefficient (Wildman–Crippen LogP) is 1.62. The average molecular weight is 360 g/mol. The first-order chi connectivity index (χ1) is 8.29. The quantitative estimate of drug-likeness (QED) is 0.484. The van der Waals surface area contributed by atoms with Crippen LogP contribution >= 0.6 is 28.4 Å². The summed E-state index contributed by atoms with van der Waals surface area (Å²) in [5, 5.41) is 4.12. The molecule has 88 valence electrons. The topological polar surface area (TPSA) is 72.0 Å². The number of hydrazine groups is 1. The molecule has 1 aliphatic rings. The van der Waals surface area contributed by atoms with Crippen molar-refractivity contribution in [3.8, 4) is 5.69 Å². The van der Waals surface area contributed by atoms with Crippen LogP contribution in [0.3, 0.4) is 0 Å². The van der Waals surface area contributed by atoms with Crippen molar-refractivity contribution in [1.29, 1.82) is 0 Å². The summed E-state index contributed by atoms with van der Waals surface area (Å²) < 4.78 is 3.82. The van der Waals surface area contributed by atoms with Gasteiger partial charge in [-0.25, -0.2) is 15.1 Å². The fourth-order valence-electron chi connectivity index (χ4n) is 1.85. The van der Waals surface area contributed by atoms with Gasteiger partial charge in [0.2, 0.25) is 0 Å². The van der Waals surface area contributed by atoms with Crippen LogP contribution in [0.4, 0.5) is 11.4 Å². The second-order valence-electron chi connectivity index (χ2n) is 3.63. The molecule has 3 rings (SSSR count). The number of fused-ring (bicyclic) bond motifs is 1. The maximum Gasteiger partial charge on any atom is 0.138 e. The highest BCUT2D eigenvalue weighted by molar-refractivity contribution is 14.2. The third-order valence-corrected chi connectivity index (χ3v) is 4.68. The zero-order chi connectivity index (χ0) is 11.8. The second kappa shape index (κ2) is 4.40. The molecule has 3 N–H and O–H groups in total. The van der Waals surface area contributed by atoms with E-state index in [2.05, 4.69) is 48.4 Å². The zero-order valence-corrected chi connectivity index (χ0v) is 11.9. The van der Waals surface area contributed by atoms with Crippen molar-refractivity contribution in [2.45, 2.75) is 6.54 Å². The van der Waals surface area contributed by atoms with Gasteiger partial charge in [0.1, 0.15) is 12.7 Å². The molecule has 0 spiro atoms. The van der Waals surface area contributed by atoms with Gasteiger partial charge in [-0.3, -0.25) is 4.78 Å². The fourth-order valence-corrected chi connectivity index (χ4v) is 3.57. The molecule has 0 saturated carbocycles. The maximum atomic E-state index is 6.07. The molecule has 0 amide bonds. The number of hydrogen-bond donors (Lipinski definition) is 2. The molecule has 1 aromatic carbocycles. The molecular formula is C9H10IN6P.